The van der Waals surface area contributed by atoms with Crippen molar-refractivity contribution in [3.05, 3.63) is 78.1 Å². The number of fused-ring (bicyclic) bond motifs is 2. The molecule has 2 aliphatic heterocycles. The number of rotatable bonds is 5. The normalized spacial score (nSPS) is 17.1. The van der Waals surface area contributed by atoms with Crippen LogP contribution in [-0.2, 0) is 0 Å². The molecule has 35 heavy (non-hydrogen) atoms. The smallest absolute Gasteiger partial charge is 0.269 e. The third kappa shape index (κ3) is 3.80. The molecule has 0 saturated carbocycles. The molecule has 1 N–H and O–H groups in total. The third-order valence-electron chi connectivity index (χ3n) is 7.68. The molecule has 0 radical (unpaired) electrons. The maximum Gasteiger partial charge on any atom is 0.269 e. The van der Waals surface area contributed by atoms with Crippen molar-refractivity contribution in [3.8, 4) is 22.4 Å². The number of nitrogens with one attached hydrogen (secondary N) is 1. The number of carbonyl (C=O) groups is 1. The summed E-state index contributed by atoms with van der Waals surface area (Å²) in [7, 11) is 0. The molecule has 1 amide bonds. The molecule has 0 aliphatic carbocycles. The number of amides is 1. The predicted molar refractivity (Wildman–Crippen MR) is 134 cm³/mol. The van der Waals surface area contributed by atoms with Gasteiger partial charge in [-0.25, -0.2) is 9.37 Å². The minimum Gasteiger partial charge on any atom is -0.349 e. The maximum absolute atomic E-state index is 13.9. The van der Waals surface area contributed by atoms with E-state index in [1.807, 2.05) is 40.9 Å². The molecule has 2 aliphatic rings. The van der Waals surface area contributed by atoms with E-state index in [0.29, 0.717) is 23.4 Å². The summed E-state index contributed by atoms with van der Waals surface area (Å²) in [5.41, 5.74) is 5.36. The standard InChI is InChI=1S/C28H28FN5O/c1-19-15-20(6-8-23(19)29)26-22(5-2-12-30-26)21-7-9-25-31-16-24(34(25)17-21)27(35)32-18-28-10-3-13-33(28)14-4-11-28/h2,5-9,12,15-17H,3-4,10-11,13-14,18H2,1H3,(H,32,35). The zero-order valence-electron chi connectivity index (χ0n) is 19.8. The number of pyridine rings is 2. The lowest BCUT2D eigenvalue weighted by atomic mass is 9.94. The molecule has 0 atom stereocenters. The van der Waals surface area contributed by atoms with Gasteiger partial charge >= 0.3 is 0 Å². The number of nitrogens with zero attached hydrogens (tertiary/aromatic N) is 4. The Bertz CT molecular complexity index is 1420. The molecule has 0 unspecified atom stereocenters. The number of halogens is 1. The second kappa shape index (κ2) is 8.57. The molecule has 7 heteroatoms. The zero-order chi connectivity index (χ0) is 24.0. The highest BCUT2D eigenvalue weighted by molar-refractivity contribution is 5.93. The van der Waals surface area contributed by atoms with E-state index in [1.165, 1.54) is 18.9 Å². The molecule has 1 aromatic carbocycles. The molecule has 3 aromatic heterocycles. The maximum atomic E-state index is 13.9. The van der Waals surface area contributed by atoms with E-state index in [0.717, 1.165) is 48.3 Å². The van der Waals surface area contributed by atoms with E-state index < -0.39 is 0 Å². The fourth-order valence-electron chi connectivity index (χ4n) is 5.82. The Morgan fingerprint density at radius 3 is 2.69 bits per heavy atom. The number of aryl methyl sites for hydroxylation is 1. The number of hydrogen-bond donors (Lipinski definition) is 1. The van der Waals surface area contributed by atoms with Gasteiger partial charge in [0.15, 0.2) is 0 Å². The second-order valence-electron chi connectivity index (χ2n) is 9.75. The topological polar surface area (TPSA) is 62.5 Å². The van der Waals surface area contributed by atoms with Gasteiger partial charge in [-0.1, -0.05) is 6.07 Å². The van der Waals surface area contributed by atoms with Crippen LogP contribution in [0.25, 0.3) is 28.0 Å². The SMILES string of the molecule is Cc1cc(-c2ncccc2-c2ccc3ncc(C(=O)NCC45CCCN4CCC5)n3c2)ccc1F. The van der Waals surface area contributed by atoms with Crippen LogP contribution >= 0.6 is 0 Å². The monoisotopic (exact) mass is 469 g/mol. The first-order valence-electron chi connectivity index (χ1n) is 12.3. The van der Waals surface area contributed by atoms with Crippen molar-refractivity contribution in [2.75, 3.05) is 19.6 Å². The highest BCUT2D eigenvalue weighted by Gasteiger charge is 2.44. The summed E-state index contributed by atoms with van der Waals surface area (Å²) in [6.07, 6.45) is 10.0. The van der Waals surface area contributed by atoms with Crippen LogP contribution in [0.15, 0.2) is 61.1 Å². The average Bonchev–Trinajstić information content (AvgIpc) is 3.58. The number of imidazole rings is 1. The molecule has 2 fully saturated rings. The molecular weight excluding hydrogens is 441 g/mol. The molecule has 178 valence electrons. The number of carbonyl (C=O) groups excluding carboxylic acids is 1. The van der Waals surface area contributed by atoms with Crippen molar-refractivity contribution >= 4 is 11.6 Å². The van der Waals surface area contributed by atoms with E-state index in [1.54, 1.807) is 25.4 Å². The van der Waals surface area contributed by atoms with Gasteiger partial charge in [-0.3, -0.25) is 19.1 Å². The van der Waals surface area contributed by atoms with Gasteiger partial charge in [0.2, 0.25) is 0 Å². The van der Waals surface area contributed by atoms with Crippen LogP contribution in [0, 0.1) is 12.7 Å². The van der Waals surface area contributed by atoms with Gasteiger partial charge in [0.25, 0.3) is 5.91 Å². The lowest BCUT2D eigenvalue weighted by Gasteiger charge is -2.32. The zero-order valence-corrected chi connectivity index (χ0v) is 19.8. The lowest BCUT2D eigenvalue weighted by molar-refractivity contribution is 0.0913. The highest BCUT2D eigenvalue weighted by atomic mass is 19.1. The van der Waals surface area contributed by atoms with Crippen LogP contribution in [0.5, 0.6) is 0 Å². The summed E-state index contributed by atoms with van der Waals surface area (Å²) in [6.45, 7) is 4.70. The van der Waals surface area contributed by atoms with Gasteiger partial charge in [-0.15, -0.1) is 0 Å². The van der Waals surface area contributed by atoms with Crippen LogP contribution in [0.2, 0.25) is 0 Å². The predicted octanol–water partition coefficient (Wildman–Crippen LogP) is 4.87. The summed E-state index contributed by atoms with van der Waals surface area (Å²) >= 11 is 0. The summed E-state index contributed by atoms with van der Waals surface area (Å²) in [4.78, 5) is 24.8. The fraction of sp³-hybridized carbons (Fsp3) is 0.321. The largest absolute Gasteiger partial charge is 0.349 e. The number of hydrogen-bond acceptors (Lipinski definition) is 4. The van der Waals surface area contributed by atoms with Crippen molar-refractivity contribution in [1.82, 2.24) is 24.6 Å². The average molecular weight is 470 g/mol. The third-order valence-corrected chi connectivity index (χ3v) is 7.68. The van der Waals surface area contributed by atoms with Crippen molar-refractivity contribution in [3.63, 3.8) is 0 Å². The summed E-state index contributed by atoms with van der Waals surface area (Å²) in [5.74, 6) is -0.345. The summed E-state index contributed by atoms with van der Waals surface area (Å²) in [5, 5.41) is 3.20. The Kier molecular flexibility index (Phi) is 5.37. The van der Waals surface area contributed by atoms with Crippen LogP contribution in [0.4, 0.5) is 4.39 Å². The van der Waals surface area contributed by atoms with E-state index in [2.05, 4.69) is 20.2 Å². The van der Waals surface area contributed by atoms with Crippen LogP contribution in [0.1, 0.15) is 41.7 Å². The molecule has 5 heterocycles. The van der Waals surface area contributed by atoms with Gasteiger partial charge in [-0.2, -0.15) is 0 Å². The molecule has 0 spiro atoms. The number of benzene rings is 1. The molecule has 2 saturated heterocycles. The molecular formula is C28H28FN5O. The first-order valence-corrected chi connectivity index (χ1v) is 12.3. The Hall–Kier alpha value is -3.58. The van der Waals surface area contributed by atoms with Gasteiger partial charge < -0.3 is 5.32 Å². The van der Waals surface area contributed by atoms with E-state index in [-0.39, 0.29) is 17.3 Å². The van der Waals surface area contributed by atoms with Gasteiger partial charge in [-0.05, 0) is 87.7 Å². The van der Waals surface area contributed by atoms with E-state index in [4.69, 9.17) is 0 Å². The van der Waals surface area contributed by atoms with Crippen LogP contribution < -0.4 is 5.32 Å². The molecule has 4 aromatic rings. The Balaban J connectivity index is 1.32. The highest BCUT2D eigenvalue weighted by Crippen LogP contribution is 2.38. The van der Waals surface area contributed by atoms with Gasteiger partial charge in [0, 0.05) is 41.2 Å². The van der Waals surface area contributed by atoms with E-state index >= 15 is 0 Å². The Labute approximate surface area is 203 Å². The van der Waals surface area contributed by atoms with Gasteiger partial charge in [0.05, 0.1) is 11.9 Å². The Morgan fingerprint density at radius 1 is 1.09 bits per heavy atom. The quantitative estimate of drug-likeness (QED) is 0.453. The van der Waals surface area contributed by atoms with Crippen molar-refractivity contribution < 1.29 is 9.18 Å². The number of aromatic nitrogens is 3. The van der Waals surface area contributed by atoms with Crippen LogP contribution in [-0.4, -0.2) is 50.3 Å². The summed E-state index contributed by atoms with van der Waals surface area (Å²) in [6, 6.07) is 12.8. The fourth-order valence-corrected chi connectivity index (χ4v) is 5.82. The van der Waals surface area contributed by atoms with Crippen molar-refractivity contribution in [1.29, 1.82) is 0 Å². The van der Waals surface area contributed by atoms with Crippen molar-refractivity contribution in [2.45, 2.75) is 38.1 Å². The Morgan fingerprint density at radius 2 is 1.89 bits per heavy atom. The minimum absolute atomic E-state index is 0.108. The molecule has 6 nitrogen and oxygen atoms in total. The van der Waals surface area contributed by atoms with Crippen LogP contribution in [0.3, 0.4) is 0 Å². The van der Waals surface area contributed by atoms with Crippen molar-refractivity contribution in [2.24, 2.45) is 0 Å². The van der Waals surface area contributed by atoms with Gasteiger partial charge in [0.1, 0.15) is 17.2 Å². The second-order valence-corrected chi connectivity index (χ2v) is 9.75. The molecule has 6 rings (SSSR count). The first-order chi connectivity index (χ1) is 17.0. The van der Waals surface area contributed by atoms with E-state index in [9.17, 15) is 9.18 Å². The minimum atomic E-state index is -0.236. The lowest BCUT2D eigenvalue weighted by Crippen LogP contribution is -2.48. The summed E-state index contributed by atoms with van der Waals surface area (Å²) < 4.78 is 15.7. The molecule has 0 bridgehead atoms. The first kappa shape index (κ1) is 21.9.